The van der Waals surface area contributed by atoms with Gasteiger partial charge in [0.15, 0.2) is 0 Å². The quantitative estimate of drug-likeness (QED) is 0.698. The Balaban J connectivity index is 2.52. The molecule has 0 aromatic heterocycles. The number of anilines is 2. The largest absolute Gasteiger partial charge is 0.399 e. The predicted octanol–water partition coefficient (Wildman–Crippen LogP) is 1.23. The molecule has 4 nitrogen and oxygen atoms in total. The number of carbonyl (C=O) groups excluding carboxylic acids is 1. The first-order valence-corrected chi connectivity index (χ1v) is 5.54. The van der Waals surface area contributed by atoms with E-state index in [-0.39, 0.29) is 5.91 Å². The Morgan fingerprint density at radius 1 is 1.44 bits per heavy atom. The molecule has 0 radical (unpaired) electrons. The van der Waals surface area contributed by atoms with Crippen molar-refractivity contribution in [2.45, 2.75) is 19.9 Å². The molecule has 1 aliphatic heterocycles. The van der Waals surface area contributed by atoms with Crippen molar-refractivity contribution in [1.29, 1.82) is 0 Å². The topological polar surface area (TPSA) is 58.4 Å². The van der Waals surface area contributed by atoms with Crippen molar-refractivity contribution in [2.24, 2.45) is 0 Å². The maximum Gasteiger partial charge on any atom is 0.253 e. The molecule has 0 spiro atoms. The van der Waals surface area contributed by atoms with Gasteiger partial charge in [-0.25, -0.2) is 0 Å². The van der Waals surface area contributed by atoms with Crippen LogP contribution in [0.3, 0.4) is 0 Å². The lowest BCUT2D eigenvalue weighted by Gasteiger charge is -2.28. The molecule has 1 aromatic carbocycles. The first-order chi connectivity index (χ1) is 7.59. The van der Waals surface area contributed by atoms with Crippen LogP contribution in [0.5, 0.6) is 0 Å². The van der Waals surface area contributed by atoms with Gasteiger partial charge in [-0.1, -0.05) is 0 Å². The molecule has 3 N–H and O–H groups in total. The highest BCUT2D eigenvalue weighted by atomic mass is 16.1. The maximum atomic E-state index is 11.8. The summed E-state index contributed by atoms with van der Waals surface area (Å²) in [4.78, 5) is 14.0. The lowest BCUT2D eigenvalue weighted by Crippen LogP contribution is -2.35. The van der Waals surface area contributed by atoms with Gasteiger partial charge in [-0.15, -0.1) is 0 Å². The summed E-state index contributed by atoms with van der Waals surface area (Å²) in [6, 6.07) is 5.79. The number of hydrogen-bond donors (Lipinski definition) is 2. The molecule has 0 unspecified atom stereocenters. The summed E-state index contributed by atoms with van der Waals surface area (Å²) in [5.41, 5.74) is 8.12. The summed E-state index contributed by atoms with van der Waals surface area (Å²) < 4.78 is 0. The van der Waals surface area contributed by atoms with Crippen molar-refractivity contribution in [2.75, 3.05) is 23.7 Å². The lowest BCUT2D eigenvalue weighted by atomic mass is 10.1. The lowest BCUT2D eigenvalue weighted by molar-refractivity contribution is 0.0958. The molecule has 0 atom stereocenters. The summed E-state index contributed by atoms with van der Waals surface area (Å²) in [6.45, 7) is 5.72. The van der Waals surface area contributed by atoms with Crippen molar-refractivity contribution in [3.05, 3.63) is 23.8 Å². The van der Waals surface area contributed by atoms with Gasteiger partial charge >= 0.3 is 0 Å². The molecule has 0 saturated heterocycles. The first kappa shape index (κ1) is 10.8. The average Bonchev–Trinajstić information content (AvgIpc) is 2.38. The highest BCUT2D eigenvalue weighted by Crippen LogP contribution is 2.26. The van der Waals surface area contributed by atoms with Crippen LogP contribution < -0.4 is 16.0 Å². The van der Waals surface area contributed by atoms with Crippen molar-refractivity contribution in [3.63, 3.8) is 0 Å². The van der Waals surface area contributed by atoms with Crippen LogP contribution in [-0.2, 0) is 0 Å². The van der Waals surface area contributed by atoms with Crippen molar-refractivity contribution < 1.29 is 4.79 Å². The zero-order chi connectivity index (χ0) is 11.7. The third-order valence-electron chi connectivity index (χ3n) is 2.84. The predicted molar refractivity (Wildman–Crippen MR) is 65.7 cm³/mol. The first-order valence-electron chi connectivity index (χ1n) is 5.54. The van der Waals surface area contributed by atoms with Gasteiger partial charge in [0.1, 0.15) is 0 Å². The second-order valence-corrected chi connectivity index (χ2v) is 4.32. The fourth-order valence-corrected chi connectivity index (χ4v) is 2.02. The zero-order valence-electron chi connectivity index (χ0n) is 9.66. The summed E-state index contributed by atoms with van der Waals surface area (Å²) in [6.07, 6.45) is 0. The Bertz CT molecular complexity index is 415. The van der Waals surface area contributed by atoms with E-state index < -0.39 is 0 Å². The Kier molecular flexibility index (Phi) is 2.73. The molecule has 0 saturated carbocycles. The maximum absolute atomic E-state index is 11.8. The minimum absolute atomic E-state index is 0.0156. The number of fused-ring (bicyclic) bond motifs is 1. The van der Waals surface area contributed by atoms with Gasteiger partial charge in [0.2, 0.25) is 0 Å². The summed E-state index contributed by atoms with van der Waals surface area (Å²) in [5.74, 6) is -0.0156. The summed E-state index contributed by atoms with van der Waals surface area (Å²) in [5, 5.41) is 2.88. The van der Waals surface area contributed by atoms with E-state index in [0.717, 1.165) is 12.2 Å². The fraction of sp³-hybridized carbons (Fsp3) is 0.417. The summed E-state index contributed by atoms with van der Waals surface area (Å²) >= 11 is 0. The third kappa shape index (κ3) is 1.83. The molecule has 1 heterocycles. The molecule has 86 valence electrons. The van der Waals surface area contributed by atoms with Crippen molar-refractivity contribution >= 4 is 17.3 Å². The number of hydrogen-bond acceptors (Lipinski definition) is 3. The molecule has 0 aliphatic carbocycles. The second-order valence-electron chi connectivity index (χ2n) is 4.32. The van der Waals surface area contributed by atoms with E-state index in [9.17, 15) is 4.79 Å². The Labute approximate surface area is 95.4 Å². The van der Waals surface area contributed by atoms with E-state index >= 15 is 0 Å². The molecule has 1 amide bonds. The number of carbonyl (C=O) groups is 1. The van der Waals surface area contributed by atoms with Gasteiger partial charge in [0.05, 0.1) is 11.3 Å². The molecular formula is C12H17N3O. The van der Waals surface area contributed by atoms with Crippen molar-refractivity contribution in [1.82, 2.24) is 5.32 Å². The zero-order valence-corrected chi connectivity index (χ0v) is 9.66. The number of nitrogens with zero attached hydrogens (tertiary/aromatic N) is 1. The number of nitrogens with two attached hydrogens (primary N) is 1. The molecule has 16 heavy (non-hydrogen) atoms. The van der Waals surface area contributed by atoms with Crippen LogP contribution >= 0.6 is 0 Å². The highest BCUT2D eigenvalue weighted by Gasteiger charge is 2.22. The fourth-order valence-electron chi connectivity index (χ4n) is 2.02. The molecule has 0 bridgehead atoms. The number of rotatable bonds is 1. The van der Waals surface area contributed by atoms with E-state index in [1.165, 1.54) is 0 Å². The standard InChI is InChI=1S/C12H17N3O/c1-8(2)15-6-5-14-12(16)10-4-3-9(13)7-11(10)15/h3-4,7-8H,5-6,13H2,1-2H3,(H,14,16). The van der Waals surface area contributed by atoms with Crippen LogP contribution in [-0.4, -0.2) is 25.0 Å². The van der Waals surface area contributed by atoms with E-state index in [4.69, 9.17) is 5.73 Å². The van der Waals surface area contributed by atoms with Gasteiger partial charge in [0, 0.05) is 24.8 Å². The number of benzene rings is 1. The Hall–Kier alpha value is -1.71. The molecular weight excluding hydrogens is 202 g/mol. The highest BCUT2D eigenvalue weighted by molar-refractivity contribution is 6.01. The average molecular weight is 219 g/mol. The summed E-state index contributed by atoms with van der Waals surface area (Å²) in [7, 11) is 0. The van der Waals surface area contributed by atoms with Crippen LogP contribution in [0.15, 0.2) is 18.2 Å². The van der Waals surface area contributed by atoms with Gasteiger partial charge in [-0.3, -0.25) is 4.79 Å². The normalized spacial score (nSPS) is 15.7. The smallest absolute Gasteiger partial charge is 0.253 e. The van der Waals surface area contributed by atoms with Crippen LogP contribution in [0.1, 0.15) is 24.2 Å². The number of amides is 1. The van der Waals surface area contributed by atoms with Gasteiger partial charge < -0.3 is 16.0 Å². The van der Waals surface area contributed by atoms with Crippen LogP contribution in [0, 0.1) is 0 Å². The van der Waals surface area contributed by atoms with E-state index in [1.807, 2.05) is 6.07 Å². The van der Waals surface area contributed by atoms with Crippen molar-refractivity contribution in [3.8, 4) is 0 Å². The Morgan fingerprint density at radius 3 is 2.88 bits per heavy atom. The van der Waals surface area contributed by atoms with E-state index in [0.29, 0.717) is 23.8 Å². The van der Waals surface area contributed by atoms with Gasteiger partial charge in [-0.2, -0.15) is 0 Å². The minimum atomic E-state index is -0.0156. The SMILES string of the molecule is CC(C)N1CCNC(=O)c2ccc(N)cc21. The van der Waals surface area contributed by atoms with Gasteiger partial charge in [0.25, 0.3) is 5.91 Å². The number of nitrogens with one attached hydrogen (secondary N) is 1. The molecule has 2 rings (SSSR count). The molecule has 1 aromatic rings. The molecule has 1 aliphatic rings. The number of nitrogen functional groups attached to an aromatic ring is 1. The monoisotopic (exact) mass is 219 g/mol. The Morgan fingerprint density at radius 2 is 2.19 bits per heavy atom. The van der Waals surface area contributed by atoms with Crippen LogP contribution in [0.25, 0.3) is 0 Å². The van der Waals surface area contributed by atoms with E-state index in [2.05, 4.69) is 24.1 Å². The van der Waals surface area contributed by atoms with Gasteiger partial charge in [-0.05, 0) is 32.0 Å². The van der Waals surface area contributed by atoms with Crippen LogP contribution in [0.2, 0.25) is 0 Å². The second kappa shape index (κ2) is 4.04. The van der Waals surface area contributed by atoms with Crippen LogP contribution in [0.4, 0.5) is 11.4 Å². The van der Waals surface area contributed by atoms with E-state index in [1.54, 1.807) is 12.1 Å². The minimum Gasteiger partial charge on any atom is -0.399 e. The molecule has 4 heteroatoms. The molecule has 0 fully saturated rings. The third-order valence-corrected chi connectivity index (χ3v) is 2.84.